The van der Waals surface area contributed by atoms with Crippen LogP contribution in [-0.2, 0) is 11.3 Å². The SMILES string of the molecule is O=C(O)C(F)(F)F.c1cc(NCc2ccn(C3CCNCC3)n2)cc(-c2cnco2)c1. The van der Waals surface area contributed by atoms with Crippen LogP contribution in [0.2, 0.25) is 0 Å². The summed E-state index contributed by atoms with van der Waals surface area (Å²) < 4.78 is 39.2. The topological polar surface area (TPSA) is 105 Å². The third-order valence-corrected chi connectivity index (χ3v) is 4.64. The first-order valence-corrected chi connectivity index (χ1v) is 9.60. The lowest BCUT2D eigenvalue weighted by Gasteiger charge is -2.22. The number of piperidine rings is 1. The fraction of sp³-hybridized carbons (Fsp3) is 0.350. The highest BCUT2D eigenvalue weighted by Gasteiger charge is 2.38. The molecule has 3 aromatic rings. The van der Waals surface area contributed by atoms with Crippen LogP contribution < -0.4 is 10.6 Å². The maximum atomic E-state index is 10.6. The van der Waals surface area contributed by atoms with Gasteiger partial charge in [0, 0.05) is 17.4 Å². The summed E-state index contributed by atoms with van der Waals surface area (Å²) in [5, 5.41) is 18.7. The zero-order valence-electron chi connectivity index (χ0n) is 16.5. The van der Waals surface area contributed by atoms with Crippen LogP contribution >= 0.6 is 0 Å². The van der Waals surface area contributed by atoms with E-state index in [9.17, 15) is 13.2 Å². The van der Waals surface area contributed by atoms with Crippen LogP contribution in [0.5, 0.6) is 0 Å². The van der Waals surface area contributed by atoms with Crippen LogP contribution in [0.15, 0.2) is 53.5 Å². The van der Waals surface area contributed by atoms with Gasteiger partial charge in [0.1, 0.15) is 0 Å². The predicted molar refractivity (Wildman–Crippen MR) is 106 cm³/mol. The summed E-state index contributed by atoms with van der Waals surface area (Å²) in [6.45, 7) is 2.86. The Morgan fingerprint density at radius 1 is 1.29 bits per heavy atom. The van der Waals surface area contributed by atoms with E-state index in [0.717, 1.165) is 48.6 Å². The van der Waals surface area contributed by atoms with Crippen molar-refractivity contribution in [1.82, 2.24) is 20.1 Å². The number of benzene rings is 1. The zero-order chi connectivity index (χ0) is 22.3. The van der Waals surface area contributed by atoms with Gasteiger partial charge in [-0.2, -0.15) is 18.3 Å². The maximum absolute atomic E-state index is 10.6. The van der Waals surface area contributed by atoms with Crippen molar-refractivity contribution in [1.29, 1.82) is 0 Å². The molecule has 0 radical (unpaired) electrons. The third-order valence-electron chi connectivity index (χ3n) is 4.64. The minimum atomic E-state index is -5.08. The molecule has 1 aliphatic heterocycles. The lowest BCUT2D eigenvalue weighted by molar-refractivity contribution is -0.192. The Morgan fingerprint density at radius 2 is 2.03 bits per heavy atom. The largest absolute Gasteiger partial charge is 0.490 e. The number of nitrogens with zero attached hydrogens (tertiary/aromatic N) is 3. The summed E-state index contributed by atoms with van der Waals surface area (Å²) in [5.41, 5.74) is 3.11. The number of aromatic nitrogens is 3. The molecule has 3 N–H and O–H groups in total. The highest BCUT2D eigenvalue weighted by molar-refractivity contribution is 5.73. The molecule has 166 valence electrons. The molecule has 2 aromatic heterocycles. The third kappa shape index (κ3) is 6.57. The number of aliphatic carboxylic acids is 1. The Bertz CT molecular complexity index is 967. The van der Waals surface area contributed by atoms with Crippen LogP contribution in [0.1, 0.15) is 24.6 Å². The molecule has 1 aromatic carbocycles. The zero-order valence-corrected chi connectivity index (χ0v) is 16.5. The molecule has 0 aliphatic carbocycles. The molecule has 0 amide bonds. The fourth-order valence-corrected chi connectivity index (χ4v) is 3.08. The normalized spacial score (nSPS) is 14.5. The summed E-state index contributed by atoms with van der Waals surface area (Å²) in [7, 11) is 0. The number of nitrogens with one attached hydrogen (secondary N) is 2. The molecule has 3 heterocycles. The molecule has 1 fully saturated rings. The second kappa shape index (κ2) is 10.1. The molecule has 8 nitrogen and oxygen atoms in total. The van der Waals surface area contributed by atoms with E-state index in [0.29, 0.717) is 12.6 Å². The number of alkyl halides is 3. The van der Waals surface area contributed by atoms with Crippen LogP contribution in [0, 0.1) is 0 Å². The van der Waals surface area contributed by atoms with E-state index in [1.165, 1.54) is 6.39 Å². The summed E-state index contributed by atoms with van der Waals surface area (Å²) in [5.74, 6) is -1.98. The van der Waals surface area contributed by atoms with Gasteiger partial charge in [-0.25, -0.2) is 9.78 Å². The minimum absolute atomic E-state index is 0.523. The van der Waals surface area contributed by atoms with Gasteiger partial charge < -0.3 is 20.2 Å². The number of hydrogen-bond acceptors (Lipinski definition) is 6. The summed E-state index contributed by atoms with van der Waals surface area (Å²) in [4.78, 5) is 12.9. The van der Waals surface area contributed by atoms with E-state index in [1.54, 1.807) is 6.20 Å². The van der Waals surface area contributed by atoms with Crippen molar-refractivity contribution in [3.8, 4) is 11.3 Å². The first-order chi connectivity index (χ1) is 14.8. The molecule has 0 bridgehead atoms. The molecule has 4 rings (SSSR count). The van der Waals surface area contributed by atoms with Crippen molar-refractivity contribution in [2.75, 3.05) is 18.4 Å². The number of anilines is 1. The van der Waals surface area contributed by atoms with Crippen LogP contribution in [0.4, 0.5) is 18.9 Å². The van der Waals surface area contributed by atoms with Crippen LogP contribution in [0.3, 0.4) is 0 Å². The van der Waals surface area contributed by atoms with Gasteiger partial charge >= 0.3 is 12.1 Å². The average Bonchev–Trinajstić information content (AvgIpc) is 3.45. The Balaban J connectivity index is 0.000000339. The van der Waals surface area contributed by atoms with E-state index in [2.05, 4.69) is 38.6 Å². The summed E-state index contributed by atoms with van der Waals surface area (Å²) >= 11 is 0. The molecule has 31 heavy (non-hydrogen) atoms. The molecular formula is C20H22F3N5O3. The van der Waals surface area contributed by atoms with Crippen molar-refractivity contribution >= 4 is 11.7 Å². The number of halogens is 3. The number of rotatable bonds is 5. The molecule has 1 saturated heterocycles. The summed E-state index contributed by atoms with van der Waals surface area (Å²) in [6, 6.07) is 10.7. The van der Waals surface area contributed by atoms with Gasteiger partial charge in [0.15, 0.2) is 12.2 Å². The summed E-state index contributed by atoms with van der Waals surface area (Å²) in [6.07, 6.45) is 2.47. The van der Waals surface area contributed by atoms with Crippen LogP contribution in [-0.4, -0.2) is 45.1 Å². The van der Waals surface area contributed by atoms with Gasteiger partial charge in [0.25, 0.3) is 0 Å². The van der Waals surface area contributed by atoms with Gasteiger partial charge in [-0.15, -0.1) is 0 Å². The minimum Gasteiger partial charge on any atom is -0.475 e. The molecule has 0 unspecified atom stereocenters. The number of carboxylic acid groups (broad SMARTS) is 1. The van der Waals surface area contributed by atoms with Crippen molar-refractivity contribution in [3.63, 3.8) is 0 Å². The molecule has 0 atom stereocenters. The fourth-order valence-electron chi connectivity index (χ4n) is 3.08. The smallest absolute Gasteiger partial charge is 0.475 e. The number of carboxylic acids is 1. The lowest BCUT2D eigenvalue weighted by atomic mass is 10.1. The second-order valence-corrected chi connectivity index (χ2v) is 6.87. The van der Waals surface area contributed by atoms with Crippen molar-refractivity contribution < 1.29 is 27.5 Å². The van der Waals surface area contributed by atoms with Crippen molar-refractivity contribution in [2.24, 2.45) is 0 Å². The highest BCUT2D eigenvalue weighted by Crippen LogP contribution is 2.23. The Labute approximate surface area is 176 Å². The van der Waals surface area contributed by atoms with E-state index in [-0.39, 0.29) is 0 Å². The Hall–Kier alpha value is -3.34. The van der Waals surface area contributed by atoms with Crippen molar-refractivity contribution in [2.45, 2.75) is 31.6 Å². The van der Waals surface area contributed by atoms with Gasteiger partial charge in [-0.05, 0) is 44.1 Å². The van der Waals surface area contributed by atoms with E-state index in [4.69, 9.17) is 19.4 Å². The molecule has 0 spiro atoms. The Kier molecular flexibility index (Phi) is 7.29. The average molecular weight is 437 g/mol. The van der Waals surface area contributed by atoms with Gasteiger partial charge in [-0.1, -0.05) is 12.1 Å². The first kappa shape index (κ1) is 22.3. The van der Waals surface area contributed by atoms with Crippen molar-refractivity contribution in [3.05, 3.63) is 54.8 Å². The van der Waals surface area contributed by atoms with E-state index >= 15 is 0 Å². The molecule has 11 heteroatoms. The molecule has 0 saturated carbocycles. The van der Waals surface area contributed by atoms with Gasteiger partial charge in [0.05, 0.1) is 24.5 Å². The molecular weight excluding hydrogens is 415 g/mol. The molecule has 1 aliphatic rings. The number of hydrogen-bond donors (Lipinski definition) is 3. The highest BCUT2D eigenvalue weighted by atomic mass is 19.4. The predicted octanol–water partition coefficient (Wildman–Crippen LogP) is 3.71. The van der Waals surface area contributed by atoms with Gasteiger partial charge in [-0.3, -0.25) is 4.68 Å². The first-order valence-electron chi connectivity index (χ1n) is 9.60. The van der Waals surface area contributed by atoms with E-state index < -0.39 is 12.1 Å². The maximum Gasteiger partial charge on any atom is 0.490 e. The van der Waals surface area contributed by atoms with E-state index in [1.807, 2.05) is 18.2 Å². The Morgan fingerprint density at radius 3 is 2.68 bits per heavy atom. The lowest BCUT2D eigenvalue weighted by Crippen LogP contribution is -2.29. The second-order valence-electron chi connectivity index (χ2n) is 6.87. The number of carbonyl (C=O) groups is 1. The van der Waals surface area contributed by atoms with Crippen LogP contribution in [0.25, 0.3) is 11.3 Å². The van der Waals surface area contributed by atoms with Gasteiger partial charge in [0.2, 0.25) is 0 Å². The number of oxazole rings is 1. The monoisotopic (exact) mass is 437 g/mol. The quantitative estimate of drug-likeness (QED) is 0.559. The standard InChI is InChI=1S/C18H21N5O.C2HF3O2/c1-2-14(18-12-20-13-24-18)10-15(3-1)21-11-16-6-9-23(22-16)17-4-7-19-8-5-17;3-2(4,5)1(6)7/h1-3,6,9-10,12-13,17,19,21H,4-5,7-8,11H2;(H,6,7).